The van der Waals surface area contributed by atoms with Gasteiger partial charge >= 0.3 is 12.2 Å². The predicted molar refractivity (Wildman–Crippen MR) is 100 cm³/mol. The molecule has 0 bridgehead atoms. The first kappa shape index (κ1) is 21.0. The monoisotopic (exact) mass is 440 g/mol. The molecule has 31 heavy (non-hydrogen) atoms. The minimum atomic E-state index is -4.96. The van der Waals surface area contributed by atoms with Crippen LogP contribution >= 0.6 is 0 Å². The van der Waals surface area contributed by atoms with Crippen molar-refractivity contribution < 1.29 is 31.2 Å². The van der Waals surface area contributed by atoms with Crippen molar-refractivity contribution in [3.05, 3.63) is 53.3 Å². The summed E-state index contributed by atoms with van der Waals surface area (Å²) in [5.41, 5.74) is -0.550. The molecule has 164 valence electrons. The van der Waals surface area contributed by atoms with Gasteiger partial charge in [0.2, 0.25) is 0 Å². The Balaban J connectivity index is 1.56. The molecule has 1 aliphatic rings. The number of hydrogen-bond acceptors (Lipinski definition) is 4. The number of nitrogens with zero attached hydrogens (tertiary/aromatic N) is 2. The van der Waals surface area contributed by atoms with E-state index in [4.69, 9.17) is 4.42 Å². The first-order chi connectivity index (χ1) is 14.6. The van der Waals surface area contributed by atoms with Gasteiger partial charge in [-0.15, -0.1) is 0 Å². The Morgan fingerprint density at radius 3 is 2.45 bits per heavy atom. The molecule has 1 fully saturated rings. The average Bonchev–Trinajstić information content (AvgIpc) is 2.96. The summed E-state index contributed by atoms with van der Waals surface area (Å²) in [5, 5.41) is 3.87. The number of urea groups is 1. The van der Waals surface area contributed by atoms with Crippen LogP contribution < -0.4 is 10.6 Å². The zero-order chi connectivity index (χ0) is 22.3. The summed E-state index contributed by atoms with van der Waals surface area (Å²) in [5.74, 6) is -1.95. The van der Waals surface area contributed by atoms with Crippen molar-refractivity contribution in [2.45, 2.75) is 44.3 Å². The van der Waals surface area contributed by atoms with Crippen LogP contribution in [0.4, 0.5) is 32.4 Å². The minimum Gasteiger partial charge on any atom is -0.455 e. The quantitative estimate of drug-likeness (QED) is 0.525. The number of aryl methyl sites for hydroxylation is 1. The maximum atomic E-state index is 13.9. The van der Waals surface area contributed by atoms with Crippen molar-refractivity contribution in [2.24, 2.45) is 0 Å². The lowest BCUT2D eigenvalue weighted by Gasteiger charge is -2.23. The Bertz CT molecular complexity index is 1120. The topological polar surface area (TPSA) is 80.0 Å². The highest BCUT2D eigenvalue weighted by atomic mass is 19.4. The lowest BCUT2D eigenvalue weighted by atomic mass is 9.85. The van der Waals surface area contributed by atoms with E-state index in [-0.39, 0.29) is 22.6 Å². The third-order valence-corrected chi connectivity index (χ3v) is 5.26. The van der Waals surface area contributed by atoms with Gasteiger partial charge in [-0.05, 0) is 25.8 Å². The van der Waals surface area contributed by atoms with Crippen LogP contribution in [0.25, 0.3) is 11.0 Å². The SMILES string of the molecule is Cc1c([C@@H](NC(=O)Nc2cnc(C3CCC3)nc2)C(F)(F)F)oc2c(F)cc(F)cc12. The van der Waals surface area contributed by atoms with Gasteiger partial charge in [0.25, 0.3) is 0 Å². The first-order valence-corrected chi connectivity index (χ1v) is 9.47. The van der Waals surface area contributed by atoms with E-state index < -0.39 is 41.2 Å². The van der Waals surface area contributed by atoms with E-state index in [9.17, 15) is 26.7 Å². The lowest BCUT2D eigenvalue weighted by molar-refractivity contribution is -0.158. The van der Waals surface area contributed by atoms with E-state index in [0.29, 0.717) is 11.9 Å². The van der Waals surface area contributed by atoms with Crippen LogP contribution in [0.5, 0.6) is 0 Å². The van der Waals surface area contributed by atoms with Gasteiger partial charge in [-0.1, -0.05) is 6.42 Å². The third kappa shape index (κ3) is 4.17. The zero-order valence-electron chi connectivity index (χ0n) is 16.2. The Labute approximate surface area is 172 Å². The number of alkyl halides is 3. The molecule has 6 nitrogen and oxygen atoms in total. The van der Waals surface area contributed by atoms with Crippen LogP contribution in [0.2, 0.25) is 0 Å². The summed E-state index contributed by atoms with van der Waals surface area (Å²) in [6.45, 7) is 1.23. The van der Waals surface area contributed by atoms with Gasteiger partial charge in [0, 0.05) is 22.9 Å². The third-order valence-electron chi connectivity index (χ3n) is 5.26. The average molecular weight is 440 g/mol. The second-order valence-corrected chi connectivity index (χ2v) is 7.39. The molecule has 0 radical (unpaired) electrons. The van der Waals surface area contributed by atoms with Gasteiger partial charge in [-0.3, -0.25) is 0 Å². The number of fused-ring (bicyclic) bond motifs is 1. The number of hydrogen-bond donors (Lipinski definition) is 2. The number of benzene rings is 1. The highest BCUT2D eigenvalue weighted by molar-refractivity contribution is 5.89. The number of amides is 2. The van der Waals surface area contributed by atoms with Crippen molar-refractivity contribution >= 4 is 22.7 Å². The first-order valence-electron chi connectivity index (χ1n) is 9.47. The van der Waals surface area contributed by atoms with Gasteiger partial charge < -0.3 is 15.1 Å². The maximum absolute atomic E-state index is 13.9. The van der Waals surface area contributed by atoms with E-state index >= 15 is 0 Å². The Kier molecular flexibility index (Phi) is 5.28. The zero-order valence-corrected chi connectivity index (χ0v) is 16.2. The van der Waals surface area contributed by atoms with Crippen LogP contribution in [0.15, 0.2) is 28.9 Å². The molecule has 0 saturated heterocycles. The Morgan fingerprint density at radius 1 is 1.19 bits per heavy atom. The fraction of sp³-hybridized carbons (Fsp3) is 0.350. The molecule has 2 N–H and O–H groups in total. The number of carbonyl (C=O) groups is 1. The molecular weight excluding hydrogens is 423 g/mol. The fourth-order valence-corrected chi connectivity index (χ4v) is 3.41. The smallest absolute Gasteiger partial charge is 0.416 e. The summed E-state index contributed by atoms with van der Waals surface area (Å²) in [6.07, 6.45) is 0.702. The largest absolute Gasteiger partial charge is 0.455 e. The Morgan fingerprint density at radius 2 is 1.87 bits per heavy atom. The molecule has 2 aromatic heterocycles. The summed E-state index contributed by atoms with van der Waals surface area (Å²) in [4.78, 5) is 20.5. The van der Waals surface area contributed by atoms with Crippen molar-refractivity contribution in [1.82, 2.24) is 15.3 Å². The van der Waals surface area contributed by atoms with E-state index in [1.165, 1.54) is 19.3 Å². The van der Waals surface area contributed by atoms with Crippen molar-refractivity contribution in [3.63, 3.8) is 0 Å². The summed E-state index contributed by atoms with van der Waals surface area (Å²) in [7, 11) is 0. The van der Waals surface area contributed by atoms with Crippen LogP contribution in [0.3, 0.4) is 0 Å². The molecule has 0 unspecified atom stereocenters. The molecular formula is C20H17F5N4O2. The molecule has 1 atom stereocenters. The van der Waals surface area contributed by atoms with Crippen LogP contribution in [0, 0.1) is 18.6 Å². The van der Waals surface area contributed by atoms with Crippen molar-refractivity contribution in [1.29, 1.82) is 0 Å². The molecule has 1 aromatic carbocycles. The van der Waals surface area contributed by atoms with Gasteiger partial charge in [0.15, 0.2) is 17.4 Å². The van der Waals surface area contributed by atoms with Crippen LogP contribution in [-0.2, 0) is 0 Å². The summed E-state index contributed by atoms with van der Waals surface area (Å²) in [6, 6.07) is -2.40. The number of aromatic nitrogens is 2. The second kappa shape index (κ2) is 7.78. The summed E-state index contributed by atoms with van der Waals surface area (Å²) < 4.78 is 73.5. The molecule has 1 saturated carbocycles. The molecule has 0 spiro atoms. The van der Waals surface area contributed by atoms with E-state index in [1.807, 2.05) is 0 Å². The van der Waals surface area contributed by atoms with Crippen LogP contribution in [-0.4, -0.2) is 22.2 Å². The highest BCUT2D eigenvalue weighted by Crippen LogP contribution is 2.39. The lowest BCUT2D eigenvalue weighted by Crippen LogP contribution is -2.40. The standard InChI is InChI=1S/C20H17F5N4O2/c1-9-13-5-11(21)6-14(22)16(13)31-15(9)17(20(23,24)25)29-19(30)28-12-7-26-18(27-8-12)10-3-2-4-10/h5-8,10,17H,2-4H2,1H3,(H2,28,29,30)/t17-/m1/s1. The molecule has 2 amide bonds. The van der Waals surface area contributed by atoms with Gasteiger partial charge in [-0.25, -0.2) is 23.5 Å². The van der Waals surface area contributed by atoms with Crippen molar-refractivity contribution in [3.8, 4) is 0 Å². The molecule has 0 aliphatic heterocycles. The van der Waals surface area contributed by atoms with Gasteiger partial charge in [-0.2, -0.15) is 13.2 Å². The van der Waals surface area contributed by atoms with E-state index in [0.717, 1.165) is 25.3 Å². The number of rotatable bonds is 4. The van der Waals surface area contributed by atoms with Crippen LogP contribution in [0.1, 0.15) is 48.4 Å². The van der Waals surface area contributed by atoms with E-state index in [2.05, 4.69) is 15.3 Å². The van der Waals surface area contributed by atoms with E-state index in [1.54, 1.807) is 5.32 Å². The second-order valence-electron chi connectivity index (χ2n) is 7.39. The predicted octanol–water partition coefficient (Wildman–Crippen LogP) is 5.50. The maximum Gasteiger partial charge on any atom is 0.416 e. The molecule has 3 aromatic rings. The normalized spacial score (nSPS) is 15.5. The highest BCUT2D eigenvalue weighted by Gasteiger charge is 2.45. The van der Waals surface area contributed by atoms with Crippen molar-refractivity contribution in [2.75, 3.05) is 5.32 Å². The number of halogens is 5. The number of carbonyl (C=O) groups excluding carboxylic acids is 1. The Hall–Kier alpha value is -3.24. The molecule has 2 heterocycles. The van der Waals surface area contributed by atoms with Gasteiger partial charge in [0.05, 0.1) is 18.1 Å². The molecule has 11 heteroatoms. The minimum absolute atomic E-state index is 0.107. The fourth-order valence-electron chi connectivity index (χ4n) is 3.41. The summed E-state index contributed by atoms with van der Waals surface area (Å²) >= 11 is 0. The molecule has 4 rings (SSSR count). The number of anilines is 1. The number of furan rings is 1. The van der Waals surface area contributed by atoms with Gasteiger partial charge in [0.1, 0.15) is 17.4 Å². The number of nitrogens with one attached hydrogen (secondary N) is 2. The molecule has 1 aliphatic carbocycles.